The van der Waals surface area contributed by atoms with Crippen LogP contribution in [0.5, 0.6) is 0 Å². The molecule has 0 N–H and O–H groups in total. The molecule has 128 valence electrons. The number of rotatable bonds is 4. The lowest BCUT2D eigenvalue weighted by Crippen LogP contribution is -2.47. The number of carbonyl (C=O) groups is 1. The molecule has 0 amide bonds. The smallest absolute Gasteiger partial charge is 0.311 e. The number of allylic oxidation sites excluding steroid dienone is 3. The molecule has 0 aromatic heterocycles. The minimum atomic E-state index is -0.102. The average Bonchev–Trinajstić information content (AvgIpc) is 2.74. The van der Waals surface area contributed by atoms with Crippen molar-refractivity contribution >= 4 is 17.6 Å². The van der Waals surface area contributed by atoms with Gasteiger partial charge in [-0.3, -0.25) is 9.28 Å². The number of quaternary nitrogens is 1. The van der Waals surface area contributed by atoms with E-state index in [4.69, 9.17) is 16.3 Å². The highest BCUT2D eigenvalue weighted by atomic mass is 35.5. The molecule has 1 aliphatic heterocycles. The summed E-state index contributed by atoms with van der Waals surface area (Å²) >= 11 is 6.17. The molecule has 24 heavy (non-hydrogen) atoms. The van der Waals surface area contributed by atoms with Crippen LogP contribution in [0.2, 0.25) is 5.02 Å². The lowest BCUT2D eigenvalue weighted by molar-refractivity contribution is -0.868. The number of benzene rings is 1. The first-order chi connectivity index (χ1) is 11.5. The third-order valence-electron chi connectivity index (χ3n) is 5.15. The Morgan fingerprint density at radius 1 is 1.29 bits per heavy atom. The highest BCUT2D eigenvalue weighted by molar-refractivity contribution is 6.30. The van der Waals surface area contributed by atoms with E-state index >= 15 is 0 Å². The molecule has 3 rings (SSSR count). The molecule has 1 aromatic carbocycles. The molecular formula is C20H25ClNO2+. The number of esters is 1. The monoisotopic (exact) mass is 346 g/mol. The SMILES string of the molecule is CCOC(=O)CC[N+]1(C)CC=CC2=C1Cc1ccc(Cl)cc1CC2. The summed E-state index contributed by atoms with van der Waals surface area (Å²) in [6.07, 6.45) is 7.97. The van der Waals surface area contributed by atoms with Crippen LogP contribution in [0.15, 0.2) is 41.6 Å². The molecule has 0 saturated carbocycles. The van der Waals surface area contributed by atoms with Gasteiger partial charge in [-0.25, -0.2) is 0 Å². The van der Waals surface area contributed by atoms with Gasteiger partial charge in [-0.1, -0.05) is 23.7 Å². The third-order valence-corrected chi connectivity index (χ3v) is 5.39. The van der Waals surface area contributed by atoms with Gasteiger partial charge in [0.05, 0.1) is 26.6 Å². The van der Waals surface area contributed by atoms with Gasteiger partial charge in [0.15, 0.2) is 0 Å². The van der Waals surface area contributed by atoms with Crippen molar-refractivity contribution in [3.63, 3.8) is 0 Å². The Hall–Kier alpha value is -1.58. The Kier molecular flexibility index (Phi) is 5.12. The molecule has 0 radical (unpaired) electrons. The van der Waals surface area contributed by atoms with Gasteiger partial charge in [0, 0.05) is 17.0 Å². The summed E-state index contributed by atoms with van der Waals surface area (Å²) in [4.78, 5) is 11.8. The second kappa shape index (κ2) is 7.12. The van der Waals surface area contributed by atoms with Crippen molar-refractivity contribution in [1.82, 2.24) is 0 Å². The van der Waals surface area contributed by atoms with Crippen molar-refractivity contribution < 1.29 is 14.0 Å². The van der Waals surface area contributed by atoms with E-state index in [1.165, 1.54) is 22.4 Å². The zero-order valence-electron chi connectivity index (χ0n) is 14.5. The van der Waals surface area contributed by atoms with E-state index < -0.39 is 0 Å². The molecule has 0 fully saturated rings. The van der Waals surface area contributed by atoms with Gasteiger partial charge in [0.25, 0.3) is 0 Å². The summed E-state index contributed by atoms with van der Waals surface area (Å²) in [5.41, 5.74) is 5.56. The molecule has 3 nitrogen and oxygen atoms in total. The molecule has 1 aromatic rings. The second-order valence-corrected chi connectivity index (χ2v) is 7.26. The first-order valence-corrected chi connectivity index (χ1v) is 9.06. The maximum atomic E-state index is 11.8. The highest BCUT2D eigenvalue weighted by Crippen LogP contribution is 2.34. The van der Waals surface area contributed by atoms with Crippen LogP contribution < -0.4 is 0 Å². The first kappa shape index (κ1) is 17.2. The molecule has 1 aliphatic carbocycles. The van der Waals surface area contributed by atoms with Crippen molar-refractivity contribution in [2.45, 2.75) is 32.6 Å². The van der Waals surface area contributed by atoms with Gasteiger partial charge < -0.3 is 4.74 Å². The number of likely N-dealkylation sites (N-methyl/N-ethyl adjacent to an activating group) is 1. The molecule has 1 atom stereocenters. The molecule has 0 saturated heterocycles. The normalized spacial score (nSPS) is 22.6. The number of hydrogen-bond acceptors (Lipinski definition) is 2. The summed E-state index contributed by atoms with van der Waals surface area (Å²) in [7, 11) is 2.24. The average molecular weight is 347 g/mol. The summed E-state index contributed by atoms with van der Waals surface area (Å²) in [5, 5.41) is 0.809. The van der Waals surface area contributed by atoms with Crippen molar-refractivity contribution in [2.24, 2.45) is 0 Å². The fourth-order valence-corrected chi connectivity index (χ4v) is 3.95. The van der Waals surface area contributed by atoms with Crippen LogP contribution in [0.1, 0.15) is 30.9 Å². The summed E-state index contributed by atoms with van der Waals surface area (Å²) < 4.78 is 5.91. The number of aryl methyl sites for hydroxylation is 1. The maximum Gasteiger partial charge on any atom is 0.311 e. The summed E-state index contributed by atoms with van der Waals surface area (Å²) in [6.45, 7) is 4.02. The van der Waals surface area contributed by atoms with Crippen LogP contribution in [-0.2, 0) is 22.4 Å². The topological polar surface area (TPSA) is 26.3 Å². The van der Waals surface area contributed by atoms with Gasteiger partial charge in [0.2, 0.25) is 0 Å². The Bertz CT molecular complexity index is 708. The van der Waals surface area contributed by atoms with Crippen LogP contribution in [0.3, 0.4) is 0 Å². The minimum absolute atomic E-state index is 0.102. The molecular weight excluding hydrogens is 322 g/mol. The summed E-state index contributed by atoms with van der Waals surface area (Å²) in [5.74, 6) is -0.102. The van der Waals surface area contributed by atoms with E-state index in [2.05, 4.69) is 31.3 Å². The standard InChI is InChI=1S/C20H25ClNO2/c1-3-24-20(23)10-12-22(2)11-4-5-15-6-7-16-13-18(21)9-8-17(16)14-19(15)22/h4-5,8-9,13H,3,6-7,10-12,14H2,1-2H3/q+1. The largest absolute Gasteiger partial charge is 0.466 e. The molecule has 4 heteroatoms. The number of nitrogens with zero attached hydrogens (tertiary/aromatic N) is 1. The molecule has 0 spiro atoms. The van der Waals surface area contributed by atoms with Gasteiger partial charge in [0.1, 0.15) is 12.2 Å². The van der Waals surface area contributed by atoms with Gasteiger partial charge in [-0.2, -0.15) is 0 Å². The Balaban J connectivity index is 1.85. The van der Waals surface area contributed by atoms with E-state index in [1.54, 1.807) is 0 Å². The fourth-order valence-electron chi connectivity index (χ4n) is 3.76. The molecule has 0 bridgehead atoms. The van der Waals surface area contributed by atoms with E-state index in [0.29, 0.717) is 13.0 Å². The van der Waals surface area contributed by atoms with Crippen LogP contribution in [0.25, 0.3) is 0 Å². The predicted molar refractivity (Wildman–Crippen MR) is 96.8 cm³/mol. The number of hydrogen-bond donors (Lipinski definition) is 0. The third kappa shape index (κ3) is 3.57. The van der Waals surface area contributed by atoms with E-state index in [9.17, 15) is 4.79 Å². The van der Waals surface area contributed by atoms with Gasteiger partial charge in [-0.15, -0.1) is 0 Å². The summed E-state index contributed by atoms with van der Waals surface area (Å²) in [6, 6.07) is 6.23. The van der Waals surface area contributed by atoms with Crippen LogP contribution in [0, 0.1) is 0 Å². The van der Waals surface area contributed by atoms with Crippen LogP contribution in [0.4, 0.5) is 0 Å². The van der Waals surface area contributed by atoms with Gasteiger partial charge >= 0.3 is 5.97 Å². The molecule has 1 heterocycles. The number of halogens is 1. The number of carbonyl (C=O) groups excluding carboxylic acids is 1. The van der Waals surface area contributed by atoms with E-state index in [-0.39, 0.29) is 5.97 Å². The molecule has 2 aliphatic rings. The van der Waals surface area contributed by atoms with Crippen molar-refractivity contribution in [3.05, 3.63) is 57.8 Å². The van der Waals surface area contributed by atoms with E-state index in [1.807, 2.05) is 13.0 Å². The number of fused-ring (bicyclic) bond motifs is 1. The maximum absolute atomic E-state index is 11.8. The molecule has 1 unspecified atom stereocenters. The van der Waals surface area contributed by atoms with Crippen molar-refractivity contribution in [3.8, 4) is 0 Å². The zero-order valence-corrected chi connectivity index (χ0v) is 15.2. The second-order valence-electron chi connectivity index (χ2n) is 6.82. The quantitative estimate of drug-likeness (QED) is 0.607. The lowest BCUT2D eigenvalue weighted by Gasteiger charge is -2.38. The van der Waals surface area contributed by atoms with Crippen molar-refractivity contribution in [2.75, 3.05) is 26.7 Å². The fraction of sp³-hybridized carbons (Fsp3) is 0.450. The zero-order chi connectivity index (χ0) is 17.2. The Morgan fingerprint density at radius 2 is 2.12 bits per heavy atom. The van der Waals surface area contributed by atoms with E-state index in [0.717, 1.165) is 41.9 Å². The van der Waals surface area contributed by atoms with Gasteiger partial charge in [-0.05, 0) is 49.1 Å². The highest BCUT2D eigenvalue weighted by Gasteiger charge is 2.34. The number of ether oxygens (including phenoxy) is 1. The Morgan fingerprint density at radius 3 is 2.92 bits per heavy atom. The Labute approximate surface area is 149 Å². The van der Waals surface area contributed by atoms with Crippen LogP contribution in [-0.4, -0.2) is 37.2 Å². The van der Waals surface area contributed by atoms with Crippen molar-refractivity contribution in [1.29, 1.82) is 0 Å². The predicted octanol–water partition coefficient (Wildman–Crippen LogP) is 4.05. The minimum Gasteiger partial charge on any atom is -0.466 e. The lowest BCUT2D eigenvalue weighted by atomic mass is 10.00. The van der Waals surface area contributed by atoms with Crippen LogP contribution >= 0.6 is 11.6 Å². The first-order valence-electron chi connectivity index (χ1n) is 8.68.